The molecule has 126 valence electrons. The van der Waals surface area contributed by atoms with Crippen molar-refractivity contribution >= 4 is 11.7 Å². The van der Waals surface area contributed by atoms with E-state index in [9.17, 15) is 4.79 Å². The van der Waals surface area contributed by atoms with E-state index < -0.39 is 0 Å². The van der Waals surface area contributed by atoms with Gasteiger partial charge in [-0.3, -0.25) is 4.79 Å². The number of rotatable bonds is 6. The van der Waals surface area contributed by atoms with Crippen molar-refractivity contribution in [3.8, 4) is 0 Å². The zero-order chi connectivity index (χ0) is 16.8. The molecule has 0 aliphatic carbocycles. The largest absolute Gasteiger partial charge is 0.370 e. The summed E-state index contributed by atoms with van der Waals surface area (Å²) in [6, 6.07) is 13.8. The minimum absolute atomic E-state index is 0.114. The zero-order valence-electron chi connectivity index (χ0n) is 14.2. The molecule has 3 rings (SSSR count). The van der Waals surface area contributed by atoms with Gasteiger partial charge in [-0.2, -0.15) is 0 Å². The summed E-state index contributed by atoms with van der Waals surface area (Å²) >= 11 is 0. The molecule has 0 bridgehead atoms. The van der Waals surface area contributed by atoms with Crippen LogP contribution < -0.4 is 5.32 Å². The van der Waals surface area contributed by atoms with Crippen LogP contribution in [0.2, 0.25) is 0 Å². The van der Waals surface area contributed by atoms with Gasteiger partial charge in [0.15, 0.2) is 0 Å². The number of amides is 1. The van der Waals surface area contributed by atoms with Gasteiger partial charge in [-0.15, -0.1) is 0 Å². The van der Waals surface area contributed by atoms with Crippen molar-refractivity contribution in [2.45, 2.75) is 38.6 Å². The van der Waals surface area contributed by atoms with Crippen LogP contribution in [0.15, 0.2) is 48.7 Å². The number of nitrogens with zero attached hydrogens (tertiary/aromatic N) is 2. The molecule has 1 aliphatic rings. The maximum atomic E-state index is 12.8. The average Bonchev–Trinajstić information content (AvgIpc) is 3.12. The van der Waals surface area contributed by atoms with Gasteiger partial charge in [0.1, 0.15) is 5.82 Å². The van der Waals surface area contributed by atoms with Crippen molar-refractivity contribution in [2.24, 2.45) is 0 Å². The summed E-state index contributed by atoms with van der Waals surface area (Å²) < 4.78 is 0. The summed E-state index contributed by atoms with van der Waals surface area (Å²) in [5.74, 6) is 1.02. The number of anilines is 1. The standard InChI is InChI=1S/C20H25N3O/c1-2-3-13-21-19-12-11-17(15-22-19)18-10-7-14-23(18)20(24)16-8-5-4-6-9-16/h4-6,8-9,11-12,15,18H,2-3,7,10,13-14H2,1H3,(H,21,22)/t18-/m1/s1. The van der Waals surface area contributed by atoms with Gasteiger partial charge >= 0.3 is 0 Å². The summed E-state index contributed by atoms with van der Waals surface area (Å²) in [5.41, 5.74) is 1.88. The fraction of sp³-hybridized carbons (Fsp3) is 0.400. The minimum Gasteiger partial charge on any atom is -0.370 e. The van der Waals surface area contributed by atoms with Gasteiger partial charge < -0.3 is 10.2 Å². The quantitative estimate of drug-likeness (QED) is 0.807. The predicted molar refractivity (Wildman–Crippen MR) is 97.1 cm³/mol. The second-order valence-corrected chi connectivity index (χ2v) is 6.28. The Hall–Kier alpha value is -2.36. The van der Waals surface area contributed by atoms with Crippen molar-refractivity contribution in [3.63, 3.8) is 0 Å². The summed E-state index contributed by atoms with van der Waals surface area (Å²) in [4.78, 5) is 19.3. The summed E-state index contributed by atoms with van der Waals surface area (Å²) in [6.45, 7) is 3.94. The lowest BCUT2D eigenvalue weighted by molar-refractivity contribution is 0.0735. The Balaban J connectivity index is 1.70. The number of unbranched alkanes of at least 4 members (excludes halogenated alkanes) is 1. The first-order valence-corrected chi connectivity index (χ1v) is 8.85. The molecule has 4 nitrogen and oxygen atoms in total. The Bertz CT molecular complexity index is 654. The van der Waals surface area contributed by atoms with Crippen LogP contribution in [-0.2, 0) is 0 Å². The number of benzene rings is 1. The van der Waals surface area contributed by atoms with Crippen molar-refractivity contribution in [2.75, 3.05) is 18.4 Å². The summed E-state index contributed by atoms with van der Waals surface area (Å²) in [7, 11) is 0. The van der Waals surface area contributed by atoms with E-state index in [1.807, 2.05) is 47.5 Å². The summed E-state index contributed by atoms with van der Waals surface area (Å²) in [6.07, 6.45) is 6.27. The van der Waals surface area contributed by atoms with Crippen LogP contribution in [-0.4, -0.2) is 28.9 Å². The summed E-state index contributed by atoms with van der Waals surface area (Å²) in [5, 5.41) is 3.33. The number of likely N-dealkylation sites (tertiary alicyclic amines) is 1. The number of nitrogens with one attached hydrogen (secondary N) is 1. The van der Waals surface area contributed by atoms with Gasteiger partial charge in [0.05, 0.1) is 6.04 Å². The number of pyridine rings is 1. The number of aromatic nitrogens is 1. The monoisotopic (exact) mass is 323 g/mol. The highest BCUT2D eigenvalue weighted by Gasteiger charge is 2.30. The van der Waals surface area contributed by atoms with Gasteiger partial charge in [-0.25, -0.2) is 4.98 Å². The average molecular weight is 323 g/mol. The molecule has 1 aromatic heterocycles. The lowest BCUT2D eigenvalue weighted by Crippen LogP contribution is -2.30. The molecule has 24 heavy (non-hydrogen) atoms. The Morgan fingerprint density at radius 2 is 2.08 bits per heavy atom. The van der Waals surface area contributed by atoms with Crippen LogP contribution in [0, 0.1) is 0 Å². The Labute approximate surface area is 143 Å². The van der Waals surface area contributed by atoms with Crippen LogP contribution in [0.5, 0.6) is 0 Å². The van der Waals surface area contributed by atoms with Crippen LogP contribution in [0.1, 0.15) is 54.6 Å². The van der Waals surface area contributed by atoms with Gasteiger partial charge in [0.25, 0.3) is 5.91 Å². The lowest BCUT2D eigenvalue weighted by Gasteiger charge is -2.25. The number of hydrogen-bond acceptors (Lipinski definition) is 3. The van der Waals surface area contributed by atoms with Crippen molar-refractivity contribution in [1.82, 2.24) is 9.88 Å². The third-order valence-corrected chi connectivity index (χ3v) is 4.54. The van der Waals surface area contributed by atoms with Gasteiger partial charge in [-0.1, -0.05) is 37.6 Å². The normalized spacial score (nSPS) is 17.0. The second-order valence-electron chi connectivity index (χ2n) is 6.28. The lowest BCUT2D eigenvalue weighted by atomic mass is 10.1. The third kappa shape index (κ3) is 3.75. The smallest absolute Gasteiger partial charge is 0.254 e. The van der Waals surface area contributed by atoms with Gasteiger partial charge in [0, 0.05) is 24.8 Å². The molecule has 1 N–H and O–H groups in total. The molecule has 2 heterocycles. The maximum absolute atomic E-state index is 12.8. The first-order valence-electron chi connectivity index (χ1n) is 8.85. The predicted octanol–water partition coefficient (Wildman–Crippen LogP) is 4.27. The molecule has 2 aromatic rings. The Morgan fingerprint density at radius 1 is 1.25 bits per heavy atom. The molecular formula is C20H25N3O. The molecule has 1 atom stereocenters. The number of hydrogen-bond donors (Lipinski definition) is 1. The molecule has 1 aliphatic heterocycles. The fourth-order valence-electron chi connectivity index (χ4n) is 3.20. The van der Waals surface area contributed by atoms with E-state index in [-0.39, 0.29) is 11.9 Å². The molecule has 4 heteroatoms. The SMILES string of the molecule is CCCCNc1ccc([C@H]2CCCN2C(=O)c2ccccc2)cn1. The van der Waals surface area contributed by atoms with Crippen LogP contribution in [0.25, 0.3) is 0 Å². The third-order valence-electron chi connectivity index (χ3n) is 4.54. The van der Waals surface area contributed by atoms with E-state index in [0.29, 0.717) is 0 Å². The highest BCUT2D eigenvalue weighted by atomic mass is 16.2. The first-order chi connectivity index (χ1) is 11.8. The first kappa shape index (κ1) is 16.5. The number of carbonyl (C=O) groups excluding carboxylic acids is 1. The molecule has 1 fully saturated rings. The fourth-order valence-corrected chi connectivity index (χ4v) is 3.20. The van der Waals surface area contributed by atoms with Crippen molar-refractivity contribution in [1.29, 1.82) is 0 Å². The number of carbonyl (C=O) groups is 1. The molecule has 1 aromatic carbocycles. The zero-order valence-corrected chi connectivity index (χ0v) is 14.2. The van der Waals surface area contributed by atoms with E-state index in [0.717, 1.165) is 49.3 Å². The minimum atomic E-state index is 0.114. The van der Waals surface area contributed by atoms with E-state index in [2.05, 4.69) is 23.3 Å². The second kappa shape index (κ2) is 7.95. The van der Waals surface area contributed by atoms with Crippen LogP contribution in [0.4, 0.5) is 5.82 Å². The molecule has 1 saturated heterocycles. The van der Waals surface area contributed by atoms with Crippen LogP contribution in [0.3, 0.4) is 0 Å². The van der Waals surface area contributed by atoms with Crippen molar-refractivity contribution < 1.29 is 4.79 Å². The molecule has 0 spiro atoms. The van der Waals surface area contributed by atoms with E-state index in [1.165, 1.54) is 6.42 Å². The van der Waals surface area contributed by atoms with Gasteiger partial charge in [-0.05, 0) is 43.0 Å². The maximum Gasteiger partial charge on any atom is 0.254 e. The van der Waals surface area contributed by atoms with Gasteiger partial charge in [0.2, 0.25) is 0 Å². The van der Waals surface area contributed by atoms with E-state index in [1.54, 1.807) is 0 Å². The Morgan fingerprint density at radius 3 is 2.79 bits per heavy atom. The molecule has 0 saturated carbocycles. The highest BCUT2D eigenvalue weighted by Crippen LogP contribution is 2.33. The van der Waals surface area contributed by atoms with E-state index in [4.69, 9.17) is 0 Å². The molecule has 1 amide bonds. The van der Waals surface area contributed by atoms with E-state index >= 15 is 0 Å². The van der Waals surface area contributed by atoms with Crippen molar-refractivity contribution in [3.05, 3.63) is 59.8 Å². The highest BCUT2D eigenvalue weighted by molar-refractivity contribution is 5.94. The van der Waals surface area contributed by atoms with Crippen LogP contribution >= 0.6 is 0 Å². The Kier molecular flexibility index (Phi) is 5.47. The topological polar surface area (TPSA) is 45.2 Å². The molecular weight excluding hydrogens is 298 g/mol. The molecule has 0 radical (unpaired) electrons. The molecule has 0 unspecified atom stereocenters.